The maximum atomic E-state index is 12.1. The van der Waals surface area contributed by atoms with Crippen LogP contribution >= 0.6 is 15.9 Å². The molecule has 0 aliphatic rings. The van der Waals surface area contributed by atoms with Gasteiger partial charge < -0.3 is 9.84 Å². The Labute approximate surface area is 118 Å². The fourth-order valence-corrected chi connectivity index (χ4v) is 1.84. The highest BCUT2D eigenvalue weighted by Gasteiger charge is 2.29. The van der Waals surface area contributed by atoms with Crippen molar-refractivity contribution >= 4 is 21.8 Å². The topological polar surface area (TPSA) is 80.9 Å². The number of hydrogen-bond acceptors (Lipinski definition) is 5. The van der Waals surface area contributed by atoms with E-state index in [0.717, 1.165) is 0 Å². The molecule has 7 heteroatoms. The second-order valence-electron chi connectivity index (χ2n) is 4.56. The average molecular weight is 325 g/mol. The highest BCUT2D eigenvalue weighted by atomic mass is 79.9. The van der Waals surface area contributed by atoms with Gasteiger partial charge in [-0.25, -0.2) is 4.98 Å². The Bertz CT molecular complexity index is 609. The first-order chi connectivity index (χ1) is 8.88. The van der Waals surface area contributed by atoms with E-state index in [4.69, 9.17) is 4.52 Å². The summed E-state index contributed by atoms with van der Waals surface area (Å²) in [5, 5.41) is 6.64. The molecule has 6 nitrogen and oxygen atoms in total. The van der Waals surface area contributed by atoms with E-state index in [9.17, 15) is 4.79 Å². The van der Waals surface area contributed by atoms with Crippen LogP contribution in [0.3, 0.4) is 0 Å². The number of pyridine rings is 1. The first-order valence-electron chi connectivity index (χ1n) is 5.64. The highest BCUT2D eigenvalue weighted by molar-refractivity contribution is 9.10. The van der Waals surface area contributed by atoms with E-state index >= 15 is 0 Å². The molecular weight excluding hydrogens is 312 g/mol. The molecule has 2 aromatic rings. The molecule has 0 aromatic carbocycles. The lowest BCUT2D eigenvalue weighted by atomic mass is 10.0. The van der Waals surface area contributed by atoms with Crippen molar-refractivity contribution in [1.82, 2.24) is 20.4 Å². The molecule has 0 unspecified atom stereocenters. The van der Waals surface area contributed by atoms with Crippen LogP contribution in [0.1, 0.15) is 36.1 Å². The van der Waals surface area contributed by atoms with Gasteiger partial charge in [-0.3, -0.25) is 4.79 Å². The fraction of sp³-hybridized carbons (Fsp3) is 0.333. The van der Waals surface area contributed by atoms with Crippen molar-refractivity contribution in [3.63, 3.8) is 0 Å². The Kier molecular flexibility index (Phi) is 3.66. The maximum absolute atomic E-state index is 12.1. The van der Waals surface area contributed by atoms with Gasteiger partial charge in [0.05, 0.1) is 5.54 Å². The molecule has 0 spiro atoms. The molecule has 2 heterocycles. The normalized spacial score (nSPS) is 11.4. The summed E-state index contributed by atoms with van der Waals surface area (Å²) in [4.78, 5) is 20.3. The third-order valence-electron chi connectivity index (χ3n) is 2.46. The molecule has 2 aromatic heterocycles. The van der Waals surface area contributed by atoms with Gasteiger partial charge in [0.15, 0.2) is 5.82 Å². The van der Waals surface area contributed by atoms with E-state index in [-0.39, 0.29) is 5.91 Å². The number of hydrogen-bond donors (Lipinski definition) is 1. The molecule has 0 aliphatic carbocycles. The number of nitrogens with one attached hydrogen (secondary N) is 1. The van der Waals surface area contributed by atoms with Crippen LogP contribution in [0.5, 0.6) is 0 Å². The van der Waals surface area contributed by atoms with Crippen LogP contribution in [0.4, 0.5) is 0 Å². The molecule has 0 atom stereocenters. The number of carbonyl (C=O) groups is 1. The van der Waals surface area contributed by atoms with Crippen LogP contribution in [0.15, 0.2) is 27.3 Å². The molecule has 0 fully saturated rings. The third-order valence-corrected chi connectivity index (χ3v) is 2.90. The van der Waals surface area contributed by atoms with E-state index in [1.54, 1.807) is 39.0 Å². The molecule has 0 aliphatic heterocycles. The molecule has 100 valence electrons. The van der Waals surface area contributed by atoms with Crippen molar-refractivity contribution < 1.29 is 9.32 Å². The maximum Gasteiger partial charge on any atom is 0.270 e. The summed E-state index contributed by atoms with van der Waals surface area (Å²) >= 11 is 3.23. The van der Waals surface area contributed by atoms with Crippen molar-refractivity contribution in [2.75, 3.05) is 0 Å². The number of rotatable bonds is 3. The zero-order chi connectivity index (χ0) is 14.0. The van der Waals surface area contributed by atoms with Crippen molar-refractivity contribution in [2.24, 2.45) is 0 Å². The minimum absolute atomic E-state index is 0.297. The van der Waals surface area contributed by atoms with Gasteiger partial charge in [0.25, 0.3) is 5.91 Å². The van der Waals surface area contributed by atoms with Crippen LogP contribution < -0.4 is 5.32 Å². The lowest BCUT2D eigenvalue weighted by Crippen LogP contribution is -2.42. The number of amides is 1. The van der Waals surface area contributed by atoms with Gasteiger partial charge in [0, 0.05) is 6.92 Å². The predicted octanol–water partition coefficient (Wildman–Crippen LogP) is 2.20. The van der Waals surface area contributed by atoms with E-state index in [2.05, 4.69) is 36.4 Å². The fourth-order valence-electron chi connectivity index (χ4n) is 1.49. The van der Waals surface area contributed by atoms with E-state index in [1.165, 1.54) is 0 Å². The smallest absolute Gasteiger partial charge is 0.270 e. The van der Waals surface area contributed by atoms with Crippen molar-refractivity contribution in [3.05, 3.63) is 40.2 Å². The standard InChI is InChI=1S/C12H13BrN4O2/c1-7-14-11(17-19-7)12(2,3)16-10(18)8-5-4-6-9(13)15-8/h4-6H,1-3H3,(H,16,18). The largest absolute Gasteiger partial charge is 0.340 e. The van der Waals surface area contributed by atoms with Gasteiger partial charge in [-0.1, -0.05) is 11.2 Å². The Hall–Kier alpha value is -1.76. The van der Waals surface area contributed by atoms with Crippen LogP contribution in [-0.2, 0) is 5.54 Å². The minimum Gasteiger partial charge on any atom is -0.340 e. The quantitative estimate of drug-likeness (QED) is 0.875. The van der Waals surface area contributed by atoms with Crippen LogP contribution in [0, 0.1) is 6.92 Å². The predicted molar refractivity (Wildman–Crippen MR) is 71.5 cm³/mol. The van der Waals surface area contributed by atoms with Gasteiger partial charge in [-0.2, -0.15) is 4.98 Å². The summed E-state index contributed by atoms with van der Waals surface area (Å²) in [6.45, 7) is 5.30. The number of halogens is 1. The van der Waals surface area contributed by atoms with Gasteiger partial charge in [0.2, 0.25) is 5.89 Å². The van der Waals surface area contributed by atoms with Gasteiger partial charge in [-0.05, 0) is 41.9 Å². The summed E-state index contributed by atoms with van der Waals surface area (Å²) in [6, 6.07) is 5.14. The zero-order valence-electron chi connectivity index (χ0n) is 10.8. The Morgan fingerprint density at radius 1 is 1.37 bits per heavy atom. The number of nitrogens with zero attached hydrogens (tertiary/aromatic N) is 3. The number of aryl methyl sites for hydroxylation is 1. The molecule has 0 bridgehead atoms. The monoisotopic (exact) mass is 324 g/mol. The van der Waals surface area contributed by atoms with Crippen molar-refractivity contribution in [3.8, 4) is 0 Å². The van der Waals surface area contributed by atoms with Gasteiger partial charge in [0.1, 0.15) is 10.3 Å². The van der Waals surface area contributed by atoms with Crippen LogP contribution in [0.25, 0.3) is 0 Å². The Morgan fingerprint density at radius 2 is 2.11 bits per heavy atom. The summed E-state index contributed by atoms with van der Waals surface area (Å²) in [5.74, 6) is 0.583. The van der Waals surface area contributed by atoms with Crippen LogP contribution in [0.2, 0.25) is 0 Å². The SMILES string of the molecule is Cc1nc(C(C)(C)NC(=O)c2cccc(Br)n2)no1. The number of carbonyl (C=O) groups excluding carboxylic acids is 1. The molecule has 0 saturated carbocycles. The zero-order valence-corrected chi connectivity index (χ0v) is 12.4. The molecule has 1 N–H and O–H groups in total. The second kappa shape index (κ2) is 5.08. The lowest BCUT2D eigenvalue weighted by Gasteiger charge is -2.22. The Balaban J connectivity index is 2.18. The van der Waals surface area contributed by atoms with E-state index in [0.29, 0.717) is 22.0 Å². The second-order valence-corrected chi connectivity index (χ2v) is 5.37. The molecular formula is C12H13BrN4O2. The lowest BCUT2D eigenvalue weighted by molar-refractivity contribution is 0.0902. The molecule has 19 heavy (non-hydrogen) atoms. The molecule has 0 saturated heterocycles. The first-order valence-corrected chi connectivity index (χ1v) is 6.43. The summed E-state index contributed by atoms with van der Waals surface area (Å²) in [5.41, 5.74) is -0.415. The first kappa shape index (κ1) is 13.7. The van der Waals surface area contributed by atoms with E-state index in [1.807, 2.05) is 0 Å². The highest BCUT2D eigenvalue weighted by Crippen LogP contribution is 2.17. The van der Waals surface area contributed by atoms with Gasteiger partial charge >= 0.3 is 0 Å². The summed E-state index contributed by atoms with van der Waals surface area (Å²) in [6.07, 6.45) is 0. The van der Waals surface area contributed by atoms with Gasteiger partial charge in [-0.15, -0.1) is 0 Å². The molecule has 1 amide bonds. The number of aromatic nitrogens is 3. The van der Waals surface area contributed by atoms with Crippen molar-refractivity contribution in [2.45, 2.75) is 26.3 Å². The molecule has 2 rings (SSSR count). The summed E-state index contributed by atoms with van der Waals surface area (Å²) < 4.78 is 5.53. The average Bonchev–Trinajstić information content (AvgIpc) is 2.76. The minimum atomic E-state index is -0.737. The van der Waals surface area contributed by atoms with Crippen LogP contribution in [-0.4, -0.2) is 21.0 Å². The third kappa shape index (κ3) is 3.17. The van der Waals surface area contributed by atoms with Crippen molar-refractivity contribution in [1.29, 1.82) is 0 Å². The molecule has 0 radical (unpaired) electrons. The Morgan fingerprint density at radius 3 is 2.68 bits per heavy atom. The van der Waals surface area contributed by atoms with E-state index < -0.39 is 5.54 Å². The summed E-state index contributed by atoms with van der Waals surface area (Å²) in [7, 11) is 0.